The Hall–Kier alpha value is -8.21. The van der Waals surface area contributed by atoms with Gasteiger partial charge >= 0.3 is 0 Å². The van der Waals surface area contributed by atoms with Crippen molar-refractivity contribution in [3.8, 4) is 78.7 Å². The third-order valence-electron chi connectivity index (χ3n) is 13.0. The lowest BCUT2D eigenvalue weighted by atomic mass is 9.70. The van der Waals surface area contributed by atoms with Gasteiger partial charge in [0.1, 0.15) is 11.2 Å². The van der Waals surface area contributed by atoms with Crippen LogP contribution in [0.2, 0.25) is 0 Å². The zero-order chi connectivity index (χ0) is 40.8. The molecule has 0 unspecified atom stereocenters. The van der Waals surface area contributed by atoms with E-state index in [1.807, 2.05) is 54.6 Å². The molecule has 0 aliphatic heterocycles. The van der Waals surface area contributed by atoms with Gasteiger partial charge in [-0.1, -0.05) is 188 Å². The van der Waals surface area contributed by atoms with Crippen molar-refractivity contribution in [3.05, 3.63) is 235 Å². The van der Waals surface area contributed by atoms with Crippen LogP contribution in [-0.2, 0) is 5.41 Å². The van der Waals surface area contributed by atoms with Gasteiger partial charge in [-0.2, -0.15) is 0 Å². The van der Waals surface area contributed by atoms with Gasteiger partial charge in [0.2, 0.25) is 0 Å². The molecule has 0 saturated heterocycles. The maximum atomic E-state index is 6.30. The van der Waals surface area contributed by atoms with Gasteiger partial charge in [-0.3, -0.25) is 0 Å². The Morgan fingerprint density at radius 2 is 0.742 bits per heavy atom. The van der Waals surface area contributed by atoms with Crippen molar-refractivity contribution in [2.45, 2.75) is 5.41 Å². The minimum Gasteiger partial charge on any atom is -0.456 e. The Morgan fingerprint density at radius 3 is 1.44 bits per heavy atom. The van der Waals surface area contributed by atoms with Crippen LogP contribution in [0.15, 0.2) is 217 Å². The Kier molecular flexibility index (Phi) is 7.49. The zero-order valence-corrected chi connectivity index (χ0v) is 33.5. The minimum absolute atomic E-state index is 0.354. The van der Waals surface area contributed by atoms with Crippen LogP contribution in [0.4, 0.5) is 0 Å². The number of furan rings is 1. The number of fused-ring (bicyclic) bond motifs is 13. The molecule has 9 aromatic carbocycles. The van der Waals surface area contributed by atoms with E-state index in [4.69, 9.17) is 19.4 Å². The van der Waals surface area contributed by atoms with E-state index in [2.05, 4.69) is 158 Å². The summed E-state index contributed by atoms with van der Waals surface area (Å²) in [5, 5.41) is 2.21. The molecule has 2 aliphatic rings. The Balaban J connectivity index is 0.908. The van der Waals surface area contributed by atoms with Crippen molar-refractivity contribution < 1.29 is 4.42 Å². The summed E-state index contributed by atoms with van der Waals surface area (Å²) in [6, 6.07) is 75.6. The van der Waals surface area contributed by atoms with E-state index in [0.29, 0.717) is 17.5 Å². The molecule has 0 amide bonds. The first-order chi connectivity index (χ1) is 30.7. The molecular formula is C58H35N3O. The predicted molar refractivity (Wildman–Crippen MR) is 251 cm³/mol. The standard InChI is InChI=1S/C58H35N3O/c1-2-14-37(15-3-1)55-59-56(61-57(60-55)47-21-5-4-16-41(47)40-30-32-46-45-20-9-13-25-53(45)62-54(46)35-40)38-28-26-36(27-29-38)39-31-33-52-48(34-39)44-19-8-12-24-51(44)58(52)49-22-10-6-17-42(49)43-18-7-11-23-50(43)58/h1-35H. The van der Waals surface area contributed by atoms with Gasteiger partial charge in [0.25, 0.3) is 0 Å². The lowest BCUT2D eigenvalue weighted by molar-refractivity contribution is 0.669. The number of benzene rings is 9. The monoisotopic (exact) mass is 789 g/mol. The van der Waals surface area contributed by atoms with Gasteiger partial charge in [-0.25, -0.2) is 15.0 Å². The predicted octanol–water partition coefficient (Wildman–Crippen LogP) is 14.4. The summed E-state index contributed by atoms with van der Waals surface area (Å²) in [6.45, 7) is 0. The van der Waals surface area contributed by atoms with E-state index in [1.165, 1.54) is 50.1 Å². The van der Waals surface area contributed by atoms with Crippen molar-refractivity contribution in [3.63, 3.8) is 0 Å². The van der Waals surface area contributed by atoms with Crippen molar-refractivity contribution in [2.24, 2.45) is 0 Å². The second-order valence-electron chi connectivity index (χ2n) is 16.3. The summed E-state index contributed by atoms with van der Waals surface area (Å²) in [7, 11) is 0. The minimum atomic E-state index is -0.354. The molecule has 0 saturated carbocycles. The summed E-state index contributed by atoms with van der Waals surface area (Å²) in [6.07, 6.45) is 0. The summed E-state index contributed by atoms with van der Waals surface area (Å²) in [5.41, 5.74) is 19.1. The van der Waals surface area contributed by atoms with Crippen LogP contribution in [0.5, 0.6) is 0 Å². The van der Waals surface area contributed by atoms with E-state index in [0.717, 1.165) is 55.3 Å². The SMILES string of the molecule is c1ccc(-c2nc(-c3ccc(-c4ccc5c(c4)-c4ccccc4C54c5ccccc5-c5ccccc54)cc3)nc(-c3ccccc3-c3ccc4c(c3)oc3ccccc34)n2)cc1. The average molecular weight is 790 g/mol. The molecule has 4 nitrogen and oxygen atoms in total. The van der Waals surface area contributed by atoms with Gasteiger partial charge in [0, 0.05) is 27.5 Å². The van der Waals surface area contributed by atoms with Crippen LogP contribution in [0.1, 0.15) is 22.3 Å². The van der Waals surface area contributed by atoms with Crippen molar-refractivity contribution >= 4 is 21.9 Å². The topological polar surface area (TPSA) is 51.8 Å². The quantitative estimate of drug-likeness (QED) is 0.174. The molecule has 0 bridgehead atoms. The van der Waals surface area contributed by atoms with Gasteiger partial charge < -0.3 is 4.42 Å². The van der Waals surface area contributed by atoms with Crippen LogP contribution < -0.4 is 0 Å². The van der Waals surface area contributed by atoms with E-state index in [-0.39, 0.29) is 5.41 Å². The summed E-state index contributed by atoms with van der Waals surface area (Å²) in [5.74, 6) is 1.85. The summed E-state index contributed by atoms with van der Waals surface area (Å²) < 4.78 is 6.30. The highest BCUT2D eigenvalue weighted by Crippen LogP contribution is 2.63. The van der Waals surface area contributed by atoms with Crippen molar-refractivity contribution in [1.82, 2.24) is 15.0 Å². The number of rotatable bonds is 5. The fraction of sp³-hybridized carbons (Fsp3) is 0.0172. The first kappa shape index (κ1) is 34.6. The maximum Gasteiger partial charge on any atom is 0.164 e. The number of hydrogen-bond acceptors (Lipinski definition) is 4. The molecule has 62 heavy (non-hydrogen) atoms. The van der Waals surface area contributed by atoms with Crippen molar-refractivity contribution in [1.29, 1.82) is 0 Å². The molecule has 0 radical (unpaired) electrons. The van der Waals surface area contributed by atoms with Crippen LogP contribution in [0, 0.1) is 0 Å². The fourth-order valence-corrected chi connectivity index (χ4v) is 10.3. The normalized spacial score (nSPS) is 13.0. The van der Waals surface area contributed by atoms with Gasteiger partial charge in [-0.05, 0) is 91.0 Å². The van der Waals surface area contributed by atoms with E-state index in [9.17, 15) is 0 Å². The molecular weight excluding hydrogens is 755 g/mol. The molecule has 0 fully saturated rings. The molecule has 0 N–H and O–H groups in total. The Bertz CT molecular complexity index is 3540. The molecule has 1 spiro atoms. The first-order valence-electron chi connectivity index (χ1n) is 21.1. The molecule has 288 valence electrons. The second kappa shape index (κ2) is 13.4. The third kappa shape index (κ3) is 5.04. The molecule has 11 aromatic rings. The molecule has 2 aromatic heterocycles. The lowest BCUT2D eigenvalue weighted by Gasteiger charge is -2.30. The smallest absolute Gasteiger partial charge is 0.164 e. The van der Waals surface area contributed by atoms with Crippen molar-refractivity contribution in [2.75, 3.05) is 0 Å². The largest absolute Gasteiger partial charge is 0.456 e. The van der Waals surface area contributed by atoms with Gasteiger partial charge in [0.15, 0.2) is 17.5 Å². The first-order valence-corrected chi connectivity index (χ1v) is 21.1. The van der Waals surface area contributed by atoms with Crippen LogP contribution in [-0.4, -0.2) is 15.0 Å². The van der Waals surface area contributed by atoms with Crippen LogP contribution >= 0.6 is 0 Å². The number of hydrogen-bond donors (Lipinski definition) is 0. The highest BCUT2D eigenvalue weighted by molar-refractivity contribution is 6.06. The van der Waals surface area contributed by atoms with E-state index in [1.54, 1.807) is 0 Å². The van der Waals surface area contributed by atoms with Gasteiger partial charge in [-0.15, -0.1) is 0 Å². The second-order valence-corrected chi connectivity index (χ2v) is 16.3. The molecule has 2 aliphatic carbocycles. The lowest BCUT2D eigenvalue weighted by Crippen LogP contribution is -2.25. The molecule has 4 heteroatoms. The van der Waals surface area contributed by atoms with E-state index < -0.39 is 0 Å². The molecule has 2 heterocycles. The number of nitrogens with zero attached hydrogens (tertiary/aromatic N) is 3. The Morgan fingerprint density at radius 1 is 0.274 bits per heavy atom. The Labute approximate surface area is 358 Å². The number of aromatic nitrogens is 3. The fourth-order valence-electron chi connectivity index (χ4n) is 10.3. The molecule has 0 atom stereocenters. The summed E-state index contributed by atoms with van der Waals surface area (Å²) in [4.78, 5) is 15.4. The van der Waals surface area contributed by atoms with Crippen LogP contribution in [0.25, 0.3) is 101 Å². The average Bonchev–Trinajstić information content (AvgIpc) is 3.98. The highest BCUT2D eigenvalue weighted by Gasteiger charge is 2.51. The maximum absolute atomic E-state index is 6.30. The molecule has 13 rings (SSSR count). The van der Waals surface area contributed by atoms with E-state index >= 15 is 0 Å². The number of para-hydroxylation sites is 1. The van der Waals surface area contributed by atoms with Crippen LogP contribution in [0.3, 0.4) is 0 Å². The zero-order valence-electron chi connectivity index (χ0n) is 33.5. The third-order valence-corrected chi connectivity index (χ3v) is 13.0. The van der Waals surface area contributed by atoms with Gasteiger partial charge in [0.05, 0.1) is 5.41 Å². The summed E-state index contributed by atoms with van der Waals surface area (Å²) >= 11 is 0. The highest BCUT2D eigenvalue weighted by atomic mass is 16.3.